The summed E-state index contributed by atoms with van der Waals surface area (Å²) in [5.41, 5.74) is 5.58. The third-order valence-electron chi connectivity index (χ3n) is 7.02. The zero-order valence-corrected chi connectivity index (χ0v) is 22.3. The van der Waals surface area contributed by atoms with Crippen LogP contribution < -0.4 is 0 Å². The molecule has 0 unspecified atom stereocenters. The number of carbonyl (C=O) groups is 1. The molecule has 0 aliphatic heterocycles. The summed E-state index contributed by atoms with van der Waals surface area (Å²) in [6, 6.07) is 11.2. The lowest BCUT2D eigenvalue weighted by Crippen LogP contribution is -2.12. The molecule has 0 radical (unpaired) electrons. The summed E-state index contributed by atoms with van der Waals surface area (Å²) in [7, 11) is 0. The standard InChI is InChI=1S/C28H38N4OS/c1-7-16-31-19(2)17-24(20(31)3)25(33)18-34-27-30-29-26(32(27)23-10-8-9-11-23)21-12-14-22(15-13-21)28(4,5)6/h12-15,17,23H,7-11,16,18H2,1-6H3. The van der Waals surface area contributed by atoms with Gasteiger partial charge in [-0.2, -0.15) is 0 Å². The number of Topliss-reactive ketones (excluding diaryl/α,β-unsaturated/α-hetero) is 1. The molecule has 3 aromatic rings. The third kappa shape index (κ3) is 5.02. The minimum Gasteiger partial charge on any atom is -0.348 e. The van der Waals surface area contributed by atoms with Crippen LogP contribution in [-0.4, -0.2) is 30.9 Å². The smallest absolute Gasteiger partial charge is 0.192 e. The first-order valence-electron chi connectivity index (χ1n) is 12.6. The summed E-state index contributed by atoms with van der Waals surface area (Å²) in [4.78, 5) is 13.2. The number of thioether (sulfide) groups is 1. The summed E-state index contributed by atoms with van der Waals surface area (Å²) in [5.74, 6) is 1.46. The monoisotopic (exact) mass is 478 g/mol. The molecule has 0 spiro atoms. The molecule has 34 heavy (non-hydrogen) atoms. The summed E-state index contributed by atoms with van der Waals surface area (Å²) < 4.78 is 4.55. The quantitative estimate of drug-likeness (QED) is 0.254. The lowest BCUT2D eigenvalue weighted by Gasteiger charge is -2.20. The van der Waals surface area contributed by atoms with E-state index in [0.29, 0.717) is 11.8 Å². The maximum absolute atomic E-state index is 13.2. The maximum Gasteiger partial charge on any atom is 0.192 e. The predicted octanol–water partition coefficient (Wildman–Crippen LogP) is 7.16. The molecule has 1 fully saturated rings. The lowest BCUT2D eigenvalue weighted by atomic mass is 9.86. The number of ketones is 1. The zero-order valence-electron chi connectivity index (χ0n) is 21.5. The molecule has 5 nitrogen and oxygen atoms in total. The fourth-order valence-corrected chi connectivity index (χ4v) is 5.93. The van der Waals surface area contributed by atoms with Gasteiger partial charge < -0.3 is 4.57 Å². The van der Waals surface area contributed by atoms with Crippen molar-refractivity contribution < 1.29 is 4.79 Å². The summed E-state index contributed by atoms with van der Waals surface area (Å²) in [6.07, 6.45) is 5.81. The number of rotatable bonds is 8. The molecule has 1 aliphatic carbocycles. The van der Waals surface area contributed by atoms with Crippen molar-refractivity contribution in [1.82, 2.24) is 19.3 Å². The van der Waals surface area contributed by atoms with Crippen LogP contribution in [0.2, 0.25) is 0 Å². The Balaban J connectivity index is 1.59. The number of benzene rings is 1. The van der Waals surface area contributed by atoms with Crippen LogP contribution in [0.1, 0.15) is 93.2 Å². The Hall–Kier alpha value is -2.34. The van der Waals surface area contributed by atoms with Gasteiger partial charge in [-0.25, -0.2) is 0 Å². The van der Waals surface area contributed by atoms with Crippen LogP contribution in [0, 0.1) is 13.8 Å². The van der Waals surface area contributed by atoms with Gasteiger partial charge in [0, 0.05) is 35.1 Å². The highest BCUT2D eigenvalue weighted by molar-refractivity contribution is 7.99. The van der Waals surface area contributed by atoms with Crippen molar-refractivity contribution in [1.29, 1.82) is 0 Å². The third-order valence-corrected chi connectivity index (χ3v) is 7.96. The first kappa shape index (κ1) is 24.8. The topological polar surface area (TPSA) is 52.7 Å². The molecule has 0 N–H and O–H groups in total. The van der Waals surface area contributed by atoms with Gasteiger partial charge in [-0.3, -0.25) is 9.36 Å². The maximum atomic E-state index is 13.2. The fraction of sp³-hybridized carbons (Fsp3) is 0.536. The van der Waals surface area contributed by atoms with E-state index in [2.05, 4.69) is 85.1 Å². The van der Waals surface area contributed by atoms with Gasteiger partial charge >= 0.3 is 0 Å². The first-order valence-corrected chi connectivity index (χ1v) is 13.6. The average molecular weight is 479 g/mol. The highest BCUT2D eigenvalue weighted by atomic mass is 32.2. The summed E-state index contributed by atoms with van der Waals surface area (Å²) in [5, 5.41) is 10.0. The van der Waals surface area contributed by atoms with E-state index < -0.39 is 0 Å². The molecule has 1 saturated carbocycles. The predicted molar refractivity (Wildman–Crippen MR) is 141 cm³/mol. The van der Waals surface area contributed by atoms with Crippen molar-refractivity contribution >= 4 is 17.5 Å². The Bertz CT molecular complexity index is 1140. The zero-order chi connectivity index (χ0) is 24.5. The van der Waals surface area contributed by atoms with Crippen LogP contribution in [0.25, 0.3) is 11.4 Å². The van der Waals surface area contributed by atoms with E-state index in [-0.39, 0.29) is 11.2 Å². The Morgan fingerprint density at radius 2 is 1.76 bits per heavy atom. The molecule has 4 rings (SSSR count). The van der Waals surface area contributed by atoms with E-state index in [4.69, 9.17) is 0 Å². The van der Waals surface area contributed by atoms with Crippen LogP contribution in [0.4, 0.5) is 0 Å². The summed E-state index contributed by atoms with van der Waals surface area (Å²) >= 11 is 1.53. The fourth-order valence-electron chi connectivity index (χ4n) is 5.04. The van der Waals surface area contributed by atoms with E-state index in [1.807, 2.05) is 6.07 Å². The number of hydrogen-bond acceptors (Lipinski definition) is 4. The van der Waals surface area contributed by atoms with E-state index in [0.717, 1.165) is 59.3 Å². The molecule has 1 aliphatic rings. The Kier molecular flexibility index (Phi) is 7.36. The highest BCUT2D eigenvalue weighted by Crippen LogP contribution is 2.37. The normalized spacial score (nSPS) is 14.8. The molecule has 0 bridgehead atoms. The van der Waals surface area contributed by atoms with Gasteiger partial charge in [-0.05, 0) is 50.2 Å². The van der Waals surface area contributed by atoms with Crippen LogP contribution in [0.3, 0.4) is 0 Å². The number of nitrogens with zero attached hydrogens (tertiary/aromatic N) is 4. The van der Waals surface area contributed by atoms with Crippen LogP contribution in [0.5, 0.6) is 0 Å². The Labute approximate surface area is 208 Å². The second-order valence-corrected chi connectivity index (χ2v) is 11.5. The molecule has 1 aromatic carbocycles. The Morgan fingerprint density at radius 3 is 2.38 bits per heavy atom. The molecular formula is C28H38N4OS. The number of aromatic nitrogens is 4. The van der Waals surface area contributed by atoms with Crippen molar-refractivity contribution in [2.45, 2.75) is 96.8 Å². The van der Waals surface area contributed by atoms with Crippen LogP contribution in [-0.2, 0) is 12.0 Å². The number of carbonyl (C=O) groups excluding carboxylic acids is 1. The largest absolute Gasteiger partial charge is 0.348 e. The van der Waals surface area contributed by atoms with Crippen molar-refractivity contribution in [3.05, 3.63) is 52.8 Å². The second-order valence-electron chi connectivity index (χ2n) is 10.6. The van der Waals surface area contributed by atoms with Crippen molar-refractivity contribution in [3.63, 3.8) is 0 Å². The molecule has 2 heterocycles. The molecule has 0 saturated heterocycles. The molecule has 2 aromatic heterocycles. The van der Waals surface area contributed by atoms with Gasteiger partial charge in [0.05, 0.1) is 5.75 Å². The second kappa shape index (κ2) is 10.1. The minimum atomic E-state index is 0.117. The Morgan fingerprint density at radius 1 is 1.09 bits per heavy atom. The van der Waals surface area contributed by atoms with E-state index >= 15 is 0 Å². The molecule has 0 amide bonds. The molecule has 182 valence electrons. The van der Waals surface area contributed by atoms with Crippen LogP contribution >= 0.6 is 11.8 Å². The van der Waals surface area contributed by atoms with Gasteiger partial charge in [0.1, 0.15) is 0 Å². The number of aryl methyl sites for hydroxylation is 1. The minimum absolute atomic E-state index is 0.117. The van der Waals surface area contributed by atoms with E-state index in [1.54, 1.807) is 0 Å². The molecule has 0 atom stereocenters. The van der Waals surface area contributed by atoms with E-state index in [1.165, 1.54) is 30.2 Å². The van der Waals surface area contributed by atoms with Gasteiger partial charge in [0.2, 0.25) is 0 Å². The van der Waals surface area contributed by atoms with E-state index in [9.17, 15) is 4.79 Å². The van der Waals surface area contributed by atoms with Crippen molar-refractivity contribution in [2.24, 2.45) is 0 Å². The van der Waals surface area contributed by atoms with Gasteiger partial charge in [0.25, 0.3) is 0 Å². The SMILES string of the molecule is CCCn1c(C)cc(C(=O)CSc2nnc(-c3ccc(C(C)(C)C)cc3)n2C2CCCC2)c1C. The summed E-state index contributed by atoms with van der Waals surface area (Å²) in [6.45, 7) is 13.9. The van der Waals surface area contributed by atoms with Gasteiger partial charge in [-0.15, -0.1) is 10.2 Å². The number of hydrogen-bond donors (Lipinski definition) is 0. The van der Waals surface area contributed by atoms with Gasteiger partial charge in [0.15, 0.2) is 16.8 Å². The lowest BCUT2D eigenvalue weighted by molar-refractivity contribution is 0.102. The van der Waals surface area contributed by atoms with Gasteiger partial charge in [-0.1, -0.05) is 76.6 Å². The first-order chi connectivity index (χ1) is 16.2. The van der Waals surface area contributed by atoms with Crippen LogP contribution in [0.15, 0.2) is 35.5 Å². The van der Waals surface area contributed by atoms with Crippen molar-refractivity contribution in [2.75, 3.05) is 5.75 Å². The molecule has 6 heteroatoms. The molecular weight excluding hydrogens is 440 g/mol. The highest BCUT2D eigenvalue weighted by Gasteiger charge is 2.26. The average Bonchev–Trinajstić information content (AvgIpc) is 3.53. The van der Waals surface area contributed by atoms with Crippen molar-refractivity contribution in [3.8, 4) is 11.4 Å².